The number of aryl methyl sites for hydroxylation is 1. The SMILES string of the molecule is COC(=O)C[C@@H](NC(=O)CCc1cccc(OC)c1OC)c1ccc(OC)cc1. The van der Waals surface area contributed by atoms with Crippen LogP contribution in [0.4, 0.5) is 0 Å². The molecule has 0 spiro atoms. The fourth-order valence-corrected chi connectivity index (χ4v) is 3.00. The van der Waals surface area contributed by atoms with Crippen LogP contribution >= 0.6 is 0 Å². The van der Waals surface area contributed by atoms with E-state index in [9.17, 15) is 9.59 Å². The highest BCUT2D eigenvalue weighted by atomic mass is 16.5. The van der Waals surface area contributed by atoms with Gasteiger partial charge >= 0.3 is 5.97 Å². The van der Waals surface area contributed by atoms with Gasteiger partial charge in [-0.2, -0.15) is 0 Å². The Morgan fingerprint density at radius 1 is 0.931 bits per heavy atom. The lowest BCUT2D eigenvalue weighted by Crippen LogP contribution is -2.30. The number of amides is 1. The molecule has 0 bridgehead atoms. The first-order chi connectivity index (χ1) is 14.0. The van der Waals surface area contributed by atoms with E-state index in [1.165, 1.54) is 7.11 Å². The Bertz CT molecular complexity index is 819. The number of esters is 1. The summed E-state index contributed by atoms with van der Waals surface area (Å²) in [5.74, 6) is 1.35. The van der Waals surface area contributed by atoms with Crippen molar-refractivity contribution in [3.63, 3.8) is 0 Å². The van der Waals surface area contributed by atoms with Gasteiger partial charge in [-0.15, -0.1) is 0 Å². The number of methoxy groups -OCH3 is 4. The molecule has 0 heterocycles. The maximum atomic E-state index is 12.6. The van der Waals surface area contributed by atoms with Gasteiger partial charge < -0.3 is 24.3 Å². The van der Waals surface area contributed by atoms with Crippen molar-refractivity contribution in [2.24, 2.45) is 0 Å². The Balaban J connectivity index is 2.08. The first-order valence-electron chi connectivity index (χ1n) is 9.22. The van der Waals surface area contributed by atoms with E-state index in [-0.39, 0.29) is 18.7 Å². The second-order valence-corrected chi connectivity index (χ2v) is 6.33. The molecule has 0 fully saturated rings. The Morgan fingerprint density at radius 2 is 1.66 bits per heavy atom. The third-order valence-corrected chi connectivity index (χ3v) is 4.56. The second kappa shape index (κ2) is 10.9. The van der Waals surface area contributed by atoms with Crippen LogP contribution in [-0.4, -0.2) is 40.3 Å². The summed E-state index contributed by atoms with van der Waals surface area (Å²) in [4.78, 5) is 24.4. The number of ether oxygens (including phenoxy) is 4. The van der Waals surface area contributed by atoms with Gasteiger partial charge in [0.15, 0.2) is 11.5 Å². The van der Waals surface area contributed by atoms with Gasteiger partial charge in [-0.25, -0.2) is 0 Å². The highest BCUT2D eigenvalue weighted by molar-refractivity contribution is 5.78. The minimum absolute atomic E-state index is 0.0387. The summed E-state index contributed by atoms with van der Waals surface area (Å²) in [5.41, 5.74) is 1.67. The number of carbonyl (C=O) groups excluding carboxylic acids is 2. The lowest BCUT2D eigenvalue weighted by Gasteiger charge is -2.19. The van der Waals surface area contributed by atoms with Crippen molar-refractivity contribution in [1.82, 2.24) is 5.32 Å². The highest BCUT2D eigenvalue weighted by Gasteiger charge is 2.20. The Kier molecular flexibility index (Phi) is 8.33. The summed E-state index contributed by atoms with van der Waals surface area (Å²) in [6.45, 7) is 0. The Morgan fingerprint density at radius 3 is 2.24 bits per heavy atom. The molecular formula is C22H27NO6. The topological polar surface area (TPSA) is 83.1 Å². The molecule has 0 saturated heterocycles. The minimum atomic E-state index is -0.493. The maximum Gasteiger partial charge on any atom is 0.307 e. The van der Waals surface area contributed by atoms with Crippen LogP contribution in [0.25, 0.3) is 0 Å². The summed E-state index contributed by atoms with van der Waals surface area (Å²) >= 11 is 0. The first kappa shape index (κ1) is 22.1. The molecule has 1 atom stereocenters. The summed E-state index contributed by atoms with van der Waals surface area (Å²) in [6, 6.07) is 12.3. The molecule has 0 aliphatic heterocycles. The Labute approximate surface area is 170 Å². The van der Waals surface area contributed by atoms with E-state index in [1.54, 1.807) is 39.5 Å². The minimum Gasteiger partial charge on any atom is -0.497 e. The van der Waals surface area contributed by atoms with E-state index in [1.807, 2.05) is 24.3 Å². The molecule has 2 aromatic carbocycles. The largest absolute Gasteiger partial charge is 0.497 e. The van der Waals surface area contributed by atoms with Gasteiger partial charge in [0.2, 0.25) is 5.91 Å². The van der Waals surface area contributed by atoms with Crippen molar-refractivity contribution < 1.29 is 28.5 Å². The molecule has 0 aliphatic carbocycles. The van der Waals surface area contributed by atoms with E-state index in [4.69, 9.17) is 18.9 Å². The van der Waals surface area contributed by atoms with Crippen molar-refractivity contribution in [3.05, 3.63) is 53.6 Å². The van der Waals surface area contributed by atoms with E-state index in [0.29, 0.717) is 23.7 Å². The molecule has 2 rings (SSSR count). The lowest BCUT2D eigenvalue weighted by atomic mass is 10.0. The van der Waals surface area contributed by atoms with Gasteiger partial charge in [-0.3, -0.25) is 9.59 Å². The number of hydrogen-bond acceptors (Lipinski definition) is 6. The fraction of sp³-hybridized carbons (Fsp3) is 0.364. The zero-order valence-corrected chi connectivity index (χ0v) is 17.2. The van der Waals surface area contributed by atoms with Gasteiger partial charge in [0.1, 0.15) is 5.75 Å². The molecule has 0 saturated carbocycles. The number of rotatable bonds is 10. The maximum absolute atomic E-state index is 12.6. The third kappa shape index (κ3) is 6.14. The molecule has 0 aliphatic rings. The number of benzene rings is 2. The number of hydrogen-bond donors (Lipinski definition) is 1. The lowest BCUT2D eigenvalue weighted by molar-refractivity contribution is -0.141. The van der Waals surface area contributed by atoms with Crippen molar-refractivity contribution in [1.29, 1.82) is 0 Å². The van der Waals surface area contributed by atoms with E-state index in [0.717, 1.165) is 11.1 Å². The zero-order chi connectivity index (χ0) is 21.2. The van der Waals surface area contributed by atoms with Crippen LogP contribution in [0, 0.1) is 0 Å². The molecular weight excluding hydrogens is 374 g/mol. The Hall–Kier alpha value is -3.22. The third-order valence-electron chi connectivity index (χ3n) is 4.56. The van der Waals surface area contributed by atoms with Crippen LogP contribution in [0.15, 0.2) is 42.5 Å². The molecule has 0 unspecified atom stereocenters. The second-order valence-electron chi connectivity index (χ2n) is 6.33. The van der Waals surface area contributed by atoms with Crippen molar-refractivity contribution in [2.75, 3.05) is 28.4 Å². The van der Waals surface area contributed by atoms with E-state index < -0.39 is 12.0 Å². The molecule has 0 radical (unpaired) electrons. The van der Waals surface area contributed by atoms with Crippen molar-refractivity contribution in [3.8, 4) is 17.2 Å². The van der Waals surface area contributed by atoms with Crippen LogP contribution < -0.4 is 19.5 Å². The molecule has 2 aromatic rings. The van der Waals surface area contributed by atoms with Crippen LogP contribution in [0.1, 0.15) is 30.0 Å². The number of para-hydroxylation sites is 1. The van der Waals surface area contributed by atoms with E-state index >= 15 is 0 Å². The molecule has 156 valence electrons. The number of carbonyl (C=O) groups is 2. The quantitative estimate of drug-likeness (QED) is 0.616. The van der Waals surface area contributed by atoms with Crippen LogP contribution in [0.3, 0.4) is 0 Å². The predicted molar refractivity (Wildman–Crippen MR) is 108 cm³/mol. The van der Waals surface area contributed by atoms with Crippen molar-refractivity contribution in [2.45, 2.75) is 25.3 Å². The van der Waals surface area contributed by atoms with E-state index in [2.05, 4.69) is 5.32 Å². The highest BCUT2D eigenvalue weighted by Crippen LogP contribution is 2.31. The first-order valence-corrected chi connectivity index (χ1v) is 9.22. The molecule has 29 heavy (non-hydrogen) atoms. The summed E-state index contributed by atoms with van der Waals surface area (Å²) in [5, 5.41) is 2.92. The van der Waals surface area contributed by atoms with Gasteiger partial charge in [-0.1, -0.05) is 24.3 Å². The average molecular weight is 401 g/mol. The normalized spacial score (nSPS) is 11.3. The summed E-state index contributed by atoms with van der Waals surface area (Å²) in [7, 11) is 6.04. The molecule has 7 nitrogen and oxygen atoms in total. The molecule has 1 N–H and O–H groups in total. The van der Waals surface area contributed by atoms with Gasteiger partial charge in [0.25, 0.3) is 0 Å². The summed E-state index contributed by atoms with van der Waals surface area (Å²) in [6.07, 6.45) is 0.744. The zero-order valence-electron chi connectivity index (χ0n) is 17.2. The summed E-state index contributed by atoms with van der Waals surface area (Å²) < 4.78 is 20.6. The smallest absolute Gasteiger partial charge is 0.307 e. The molecule has 1 amide bonds. The van der Waals surface area contributed by atoms with Gasteiger partial charge in [-0.05, 0) is 35.7 Å². The predicted octanol–water partition coefficient (Wildman–Crippen LogP) is 3.07. The van der Waals surface area contributed by atoms with Gasteiger partial charge in [0, 0.05) is 6.42 Å². The monoisotopic (exact) mass is 401 g/mol. The molecule has 0 aromatic heterocycles. The fourth-order valence-electron chi connectivity index (χ4n) is 3.00. The average Bonchev–Trinajstić information content (AvgIpc) is 2.76. The number of nitrogens with one attached hydrogen (secondary N) is 1. The standard InChI is InChI=1S/C22H27NO6/c1-26-17-11-8-15(9-12-17)18(14-21(25)28-3)23-20(24)13-10-16-6-5-7-19(27-2)22(16)29-4/h5-9,11-12,18H,10,13-14H2,1-4H3,(H,23,24)/t18-/m1/s1. The molecule has 7 heteroatoms. The van der Waals surface area contributed by atoms with Gasteiger partial charge in [0.05, 0.1) is 40.9 Å². The van der Waals surface area contributed by atoms with Crippen LogP contribution in [-0.2, 0) is 20.7 Å². The van der Waals surface area contributed by atoms with Crippen LogP contribution in [0.2, 0.25) is 0 Å². The van der Waals surface area contributed by atoms with Crippen LogP contribution in [0.5, 0.6) is 17.2 Å². The van der Waals surface area contributed by atoms with Crippen molar-refractivity contribution >= 4 is 11.9 Å².